The highest BCUT2D eigenvalue weighted by atomic mass is 35.5. The van der Waals surface area contributed by atoms with Gasteiger partial charge < -0.3 is 15.3 Å². The minimum absolute atomic E-state index is 0.0555. The van der Waals surface area contributed by atoms with Gasteiger partial charge in [0.05, 0.1) is 21.9 Å². The molecule has 2 N–H and O–H groups in total. The largest absolute Gasteiger partial charge is 0.504 e. The number of phenolic OH excluding ortho intramolecular Hbond substituents is 1. The van der Waals surface area contributed by atoms with Gasteiger partial charge in [0.1, 0.15) is 0 Å². The highest BCUT2D eigenvalue weighted by Gasteiger charge is 2.48. The van der Waals surface area contributed by atoms with E-state index in [1.165, 1.54) is 6.07 Å². The van der Waals surface area contributed by atoms with Crippen molar-refractivity contribution in [3.63, 3.8) is 0 Å². The molecule has 0 unspecified atom stereocenters. The molecule has 0 spiro atoms. The highest BCUT2D eigenvalue weighted by molar-refractivity contribution is 7.99. The van der Waals surface area contributed by atoms with Crippen LogP contribution in [0.1, 0.15) is 30.9 Å². The third-order valence-electron chi connectivity index (χ3n) is 6.76. The van der Waals surface area contributed by atoms with Crippen molar-refractivity contribution >= 4 is 34.9 Å². The van der Waals surface area contributed by atoms with Crippen LogP contribution in [0.25, 0.3) is 11.3 Å². The van der Waals surface area contributed by atoms with Gasteiger partial charge >= 0.3 is 0 Å². The summed E-state index contributed by atoms with van der Waals surface area (Å²) in [6.45, 7) is 5.89. The maximum Gasteiger partial charge on any atom is 0.172 e. The molecule has 1 saturated heterocycles. The van der Waals surface area contributed by atoms with Crippen LogP contribution in [0, 0.1) is 12.7 Å². The quantitative estimate of drug-likeness (QED) is 0.470. The number of anilines is 2. The van der Waals surface area contributed by atoms with Crippen molar-refractivity contribution in [3.05, 3.63) is 53.5 Å². The van der Waals surface area contributed by atoms with Gasteiger partial charge in [-0.25, -0.2) is 9.37 Å². The van der Waals surface area contributed by atoms with Crippen LogP contribution in [0.2, 0.25) is 0 Å². The minimum atomic E-state index is -0.673. The van der Waals surface area contributed by atoms with Crippen LogP contribution < -0.4 is 10.2 Å². The maximum absolute atomic E-state index is 13.9. The number of para-hydroxylation sites is 1. The second kappa shape index (κ2) is 8.65. The summed E-state index contributed by atoms with van der Waals surface area (Å²) < 4.78 is 13.9. The van der Waals surface area contributed by atoms with E-state index < -0.39 is 11.6 Å². The van der Waals surface area contributed by atoms with E-state index in [1.54, 1.807) is 23.9 Å². The number of aromatic hydroxyl groups is 1. The Bertz CT molecular complexity index is 1210. The zero-order valence-corrected chi connectivity index (χ0v) is 20.0. The van der Waals surface area contributed by atoms with Gasteiger partial charge in [-0.1, -0.05) is 13.0 Å². The molecule has 9 heteroatoms. The summed E-state index contributed by atoms with van der Waals surface area (Å²) in [5.74, 6) is 0.0968. The molecule has 0 saturated carbocycles. The number of rotatable bonds is 5. The smallest absolute Gasteiger partial charge is 0.172 e. The molecule has 2 atom stereocenters. The fourth-order valence-corrected chi connectivity index (χ4v) is 6.40. The van der Waals surface area contributed by atoms with Gasteiger partial charge in [-0.15, -0.1) is 33.6 Å². The number of thioether (sulfide) groups is 1. The number of fused-ring (bicyclic) bond motifs is 3. The third-order valence-corrected chi connectivity index (χ3v) is 8.16. The molecule has 5 rings (SSSR count). The number of benzene rings is 1. The molecule has 0 amide bonds. The normalized spacial score (nSPS) is 21.5. The van der Waals surface area contributed by atoms with Crippen molar-refractivity contribution in [2.45, 2.75) is 48.4 Å². The van der Waals surface area contributed by atoms with E-state index in [4.69, 9.17) is 11.6 Å². The standard InChI is InChI=1S/C24H25ClFN5OS/c1-3-24-9-16(33-21-7-14(2)15(10-25)11-27-21)12-31(24)20-8-19(29-30-23(20)28-13-24)17-5-4-6-18(26)22(17)32/h4-8,11,16,32H,3,9-10,12-13H2,1-2H3,(H,28,30)/t16-,24-/m1/s1. The first-order chi connectivity index (χ1) is 15.9. The van der Waals surface area contributed by atoms with E-state index in [2.05, 4.69) is 45.3 Å². The van der Waals surface area contributed by atoms with Crippen LogP contribution >= 0.6 is 23.4 Å². The molecule has 1 fully saturated rings. The Hall–Kier alpha value is -2.58. The predicted octanol–water partition coefficient (Wildman–Crippen LogP) is 5.38. The van der Waals surface area contributed by atoms with Gasteiger partial charge in [-0.3, -0.25) is 0 Å². The molecule has 0 bridgehead atoms. The molecule has 6 nitrogen and oxygen atoms in total. The van der Waals surface area contributed by atoms with Crippen molar-refractivity contribution < 1.29 is 9.50 Å². The lowest BCUT2D eigenvalue weighted by Crippen LogP contribution is -2.52. The number of alkyl halides is 1. The summed E-state index contributed by atoms with van der Waals surface area (Å²) in [4.78, 5) is 7.02. The number of aryl methyl sites for hydroxylation is 1. The molecule has 2 aromatic heterocycles. The molecule has 0 radical (unpaired) electrons. The Morgan fingerprint density at radius 2 is 2.18 bits per heavy atom. The van der Waals surface area contributed by atoms with Crippen LogP contribution in [-0.2, 0) is 5.88 Å². The van der Waals surface area contributed by atoms with Gasteiger partial charge in [-0.2, -0.15) is 0 Å². The van der Waals surface area contributed by atoms with Gasteiger partial charge in [0, 0.05) is 36.0 Å². The number of phenols is 1. The SMILES string of the molecule is CC[C@@]12CNc3nnc(-c4cccc(F)c4O)cc3N1C[C@H](Sc1cc(C)c(CCl)cn1)C2. The van der Waals surface area contributed by atoms with Crippen molar-refractivity contribution in [1.29, 1.82) is 0 Å². The average molecular weight is 486 g/mol. The summed E-state index contributed by atoms with van der Waals surface area (Å²) in [7, 11) is 0. The second-order valence-corrected chi connectivity index (χ2v) is 10.3. The highest BCUT2D eigenvalue weighted by Crippen LogP contribution is 2.48. The lowest BCUT2D eigenvalue weighted by Gasteiger charge is -2.44. The number of aromatic nitrogens is 3. The first-order valence-corrected chi connectivity index (χ1v) is 12.4. The third kappa shape index (κ3) is 3.89. The maximum atomic E-state index is 13.9. The average Bonchev–Trinajstić information content (AvgIpc) is 3.20. The molecule has 33 heavy (non-hydrogen) atoms. The Kier molecular flexibility index (Phi) is 5.82. The van der Waals surface area contributed by atoms with Crippen LogP contribution in [0.4, 0.5) is 15.9 Å². The van der Waals surface area contributed by atoms with Gasteiger partial charge in [-0.05, 0) is 55.2 Å². The summed E-state index contributed by atoms with van der Waals surface area (Å²) in [5.41, 5.74) is 3.87. The number of halogens is 2. The Morgan fingerprint density at radius 1 is 1.33 bits per heavy atom. The molecule has 1 aromatic carbocycles. The fourth-order valence-electron chi connectivity index (χ4n) is 4.81. The van der Waals surface area contributed by atoms with Crippen molar-refractivity contribution in [1.82, 2.24) is 15.2 Å². The van der Waals surface area contributed by atoms with Crippen molar-refractivity contribution in [2.24, 2.45) is 0 Å². The zero-order chi connectivity index (χ0) is 23.2. The van der Waals surface area contributed by atoms with Crippen LogP contribution in [-0.4, -0.2) is 44.2 Å². The lowest BCUT2D eigenvalue weighted by atomic mass is 9.90. The van der Waals surface area contributed by atoms with Crippen LogP contribution in [0.3, 0.4) is 0 Å². The number of hydrogen-bond donors (Lipinski definition) is 2. The van der Waals surface area contributed by atoms with E-state index in [-0.39, 0.29) is 5.54 Å². The van der Waals surface area contributed by atoms with Crippen molar-refractivity contribution in [3.8, 4) is 17.0 Å². The molecule has 3 aromatic rings. The molecular formula is C24H25ClFN5OS. The zero-order valence-electron chi connectivity index (χ0n) is 18.5. The monoisotopic (exact) mass is 485 g/mol. The molecule has 172 valence electrons. The molecule has 2 aliphatic heterocycles. The van der Waals surface area contributed by atoms with E-state index in [0.29, 0.717) is 28.2 Å². The first kappa shape index (κ1) is 22.2. The van der Waals surface area contributed by atoms with E-state index in [0.717, 1.165) is 47.8 Å². The van der Waals surface area contributed by atoms with Crippen LogP contribution in [0.15, 0.2) is 41.6 Å². The number of hydrogen-bond acceptors (Lipinski definition) is 7. The van der Waals surface area contributed by atoms with E-state index in [1.807, 2.05) is 12.3 Å². The van der Waals surface area contributed by atoms with E-state index in [9.17, 15) is 9.50 Å². The first-order valence-electron chi connectivity index (χ1n) is 11.0. The Morgan fingerprint density at radius 3 is 2.94 bits per heavy atom. The summed E-state index contributed by atoms with van der Waals surface area (Å²) in [5, 5.41) is 23.6. The number of pyridine rings is 1. The summed E-state index contributed by atoms with van der Waals surface area (Å²) >= 11 is 7.78. The molecule has 4 heterocycles. The number of nitrogens with zero attached hydrogens (tertiary/aromatic N) is 4. The van der Waals surface area contributed by atoms with Crippen LogP contribution in [0.5, 0.6) is 5.75 Å². The predicted molar refractivity (Wildman–Crippen MR) is 131 cm³/mol. The topological polar surface area (TPSA) is 74.2 Å². The van der Waals surface area contributed by atoms with Gasteiger partial charge in [0.2, 0.25) is 0 Å². The lowest BCUT2D eigenvalue weighted by molar-refractivity contribution is 0.424. The summed E-state index contributed by atoms with van der Waals surface area (Å²) in [6.07, 6.45) is 3.84. The Labute approximate surface area is 201 Å². The summed E-state index contributed by atoms with van der Waals surface area (Å²) in [6, 6.07) is 8.46. The minimum Gasteiger partial charge on any atom is -0.504 e. The molecular weight excluding hydrogens is 461 g/mol. The van der Waals surface area contributed by atoms with Crippen molar-refractivity contribution in [2.75, 3.05) is 23.3 Å². The second-order valence-electron chi connectivity index (χ2n) is 8.67. The Balaban J connectivity index is 1.46. The number of nitrogens with one attached hydrogen (secondary N) is 1. The fraction of sp³-hybridized carbons (Fsp3) is 0.375. The van der Waals surface area contributed by atoms with Gasteiger partial charge in [0.15, 0.2) is 17.4 Å². The van der Waals surface area contributed by atoms with Gasteiger partial charge in [0.25, 0.3) is 0 Å². The molecule has 2 aliphatic rings. The molecule has 0 aliphatic carbocycles. The van der Waals surface area contributed by atoms with E-state index >= 15 is 0 Å².